The number of rotatable bonds is 6. The summed E-state index contributed by atoms with van der Waals surface area (Å²) in [6.07, 6.45) is 0.238. The summed E-state index contributed by atoms with van der Waals surface area (Å²) in [7, 11) is 0. The third kappa shape index (κ3) is 4.03. The maximum atomic E-state index is 12.9. The first-order chi connectivity index (χ1) is 13.0. The van der Waals surface area contributed by atoms with Crippen LogP contribution in [0.5, 0.6) is 0 Å². The highest BCUT2D eigenvalue weighted by Gasteiger charge is 2.44. The van der Waals surface area contributed by atoms with Gasteiger partial charge in [0.25, 0.3) is 0 Å². The number of hydrogen-bond donors (Lipinski definition) is 2. The van der Waals surface area contributed by atoms with E-state index in [-0.39, 0.29) is 30.9 Å². The number of likely N-dealkylation sites (tertiary alicyclic amines) is 1. The molecule has 2 aromatic rings. The Morgan fingerprint density at radius 2 is 1.81 bits per heavy atom. The molecular formula is C22H26N2O3. The van der Waals surface area contributed by atoms with Crippen LogP contribution in [0.1, 0.15) is 41.6 Å². The lowest BCUT2D eigenvalue weighted by molar-refractivity contribution is -0.129. The predicted molar refractivity (Wildman–Crippen MR) is 104 cm³/mol. The maximum absolute atomic E-state index is 12.9. The van der Waals surface area contributed by atoms with Crippen molar-refractivity contribution in [3.63, 3.8) is 0 Å². The van der Waals surface area contributed by atoms with Gasteiger partial charge < -0.3 is 15.3 Å². The number of nitrogens with zero attached hydrogens (tertiary/aromatic N) is 1. The number of aryl methyl sites for hydroxylation is 1. The summed E-state index contributed by atoms with van der Waals surface area (Å²) in [5.41, 5.74) is 3.93. The molecule has 0 radical (unpaired) electrons. The molecule has 0 aliphatic carbocycles. The lowest BCUT2D eigenvalue weighted by atomic mass is 9.90. The van der Waals surface area contributed by atoms with Gasteiger partial charge in [-0.05, 0) is 36.1 Å². The average Bonchev–Trinajstić information content (AvgIpc) is 3.03. The third-order valence-corrected chi connectivity index (χ3v) is 5.29. The van der Waals surface area contributed by atoms with Gasteiger partial charge in [-0.1, -0.05) is 48.5 Å². The molecule has 0 unspecified atom stereocenters. The summed E-state index contributed by atoms with van der Waals surface area (Å²) in [4.78, 5) is 27.2. The van der Waals surface area contributed by atoms with E-state index in [2.05, 4.69) is 5.32 Å². The van der Waals surface area contributed by atoms with Gasteiger partial charge in [0.2, 0.25) is 11.8 Å². The molecule has 2 aromatic carbocycles. The lowest BCUT2D eigenvalue weighted by Gasteiger charge is -2.28. The fourth-order valence-corrected chi connectivity index (χ4v) is 3.78. The maximum Gasteiger partial charge on any atom is 0.226 e. The topological polar surface area (TPSA) is 69.6 Å². The Morgan fingerprint density at radius 3 is 2.44 bits per heavy atom. The fourth-order valence-electron chi connectivity index (χ4n) is 3.78. The van der Waals surface area contributed by atoms with Crippen molar-refractivity contribution < 1.29 is 14.7 Å². The first kappa shape index (κ1) is 19.1. The number of hydrogen-bond acceptors (Lipinski definition) is 3. The molecule has 1 aliphatic rings. The molecule has 27 heavy (non-hydrogen) atoms. The monoisotopic (exact) mass is 366 g/mol. The molecule has 1 fully saturated rings. The van der Waals surface area contributed by atoms with Gasteiger partial charge in [-0.2, -0.15) is 0 Å². The molecule has 0 spiro atoms. The Labute approximate surface area is 160 Å². The minimum absolute atomic E-state index is 0.00177. The number of aliphatic hydroxyl groups is 1. The lowest BCUT2D eigenvalue weighted by Crippen LogP contribution is -2.35. The molecule has 5 heteroatoms. The zero-order chi connectivity index (χ0) is 19.4. The number of aliphatic hydroxyl groups excluding tert-OH is 1. The fraction of sp³-hybridized carbons (Fsp3) is 0.364. The van der Waals surface area contributed by atoms with Crippen LogP contribution in [0.25, 0.3) is 0 Å². The zero-order valence-electron chi connectivity index (χ0n) is 15.8. The van der Waals surface area contributed by atoms with E-state index in [9.17, 15) is 9.59 Å². The molecule has 5 nitrogen and oxygen atoms in total. The average molecular weight is 366 g/mol. The molecule has 142 valence electrons. The molecular weight excluding hydrogens is 340 g/mol. The van der Waals surface area contributed by atoms with E-state index in [1.807, 2.05) is 67.3 Å². The van der Waals surface area contributed by atoms with Crippen LogP contribution in [0.3, 0.4) is 0 Å². The van der Waals surface area contributed by atoms with E-state index < -0.39 is 5.92 Å². The SMILES string of the molecule is CCN1C(=O)C[C@@H](C(=O)NCc2ccc(CO)cc2)[C@@H]1c1ccccc1C. The van der Waals surface area contributed by atoms with Crippen LogP contribution in [0.15, 0.2) is 48.5 Å². The molecule has 1 heterocycles. The Hall–Kier alpha value is -2.66. The molecule has 0 saturated carbocycles. The molecule has 2 N–H and O–H groups in total. The van der Waals surface area contributed by atoms with Gasteiger partial charge in [0, 0.05) is 19.5 Å². The summed E-state index contributed by atoms with van der Waals surface area (Å²) in [6, 6.07) is 15.2. The summed E-state index contributed by atoms with van der Waals surface area (Å²) in [5.74, 6) is -0.466. The highest BCUT2D eigenvalue weighted by atomic mass is 16.3. The molecule has 0 bridgehead atoms. The minimum atomic E-state index is -0.393. The Bertz CT molecular complexity index is 817. The Kier molecular flexibility index (Phi) is 5.91. The highest BCUT2D eigenvalue weighted by Crippen LogP contribution is 2.39. The zero-order valence-corrected chi connectivity index (χ0v) is 15.8. The molecule has 2 amide bonds. The highest BCUT2D eigenvalue weighted by molar-refractivity contribution is 5.90. The standard InChI is InChI=1S/C22H26N2O3/c1-3-24-20(26)12-19(21(24)18-7-5-4-6-15(18)2)22(27)23-13-16-8-10-17(14-25)11-9-16/h4-11,19,21,25H,3,12-14H2,1-2H3,(H,23,27)/t19-,21+/m1/s1. The molecule has 1 saturated heterocycles. The Balaban J connectivity index is 1.77. The van der Waals surface area contributed by atoms with E-state index in [0.29, 0.717) is 13.1 Å². The van der Waals surface area contributed by atoms with Gasteiger partial charge in [-0.15, -0.1) is 0 Å². The number of nitrogens with one attached hydrogen (secondary N) is 1. The largest absolute Gasteiger partial charge is 0.392 e. The van der Waals surface area contributed by atoms with Crippen molar-refractivity contribution in [1.82, 2.24) is 10.2 Å². The van der Waals surface area contributed by atoms with Gasteiger partial charge in [-0.25, -0.2) is 0 Å². The van der Waals surface area contributed by atoms with Crippen LogP contribution in [-0.4, -0.2) is 28.4 Å². The van der Waals surface area contributed by atoms with Crippen LogP contribution < -0.4 is 5.32 Å². The second-order valence-corrected chi connectivity index (χ2v) is 6.98. The van der Waals surface area contributed by atoms with Gasteiger partial charge in [0.1, 0.15) is 0 Å². The van der Waals surface area contributed by atoms with Crippen molar-refractivity contribution in [2.45, 2.75) is 39.5 Å². The summed E-state index contributed by atoms with van der Waals surface area (Å²) in [5, 5.41) is 12.1. The second-order valence-electron chi connectivity index (χ2n) is 6.98. The number of amides is 2. The first-order valence-electron chi connectivity index (χ1n) is 9.36. The van der Waals surface area contributed by atoms with E-state index in [4.69, 9.17) is 5.11 Å². The van der Waals surface area contributed by atoms with E-state index >= 15 is 0 Å². The van der Waals surface area contributed by atoms with Gasteiger partial charge in [0.15, 0.2) is 0 Å². The normalized spacial score (nSPS) is 19.4. The Morgan fingerprint density at radius 1 is 1.15 bits per heavy atom. The van der Waals surface area contributed by atoms with Crippen molar-refractivity contribution in [3.8, 4) is 0 Å². The quantitative estimate of drug-likeness (QED) is 0.826. The van der Waals surface area contributed by atoms with Gasteiger partial charge in [0.05, 0.1) is 18.6 Å². The van der Waals surface area contributed by atoms with Crippen molar-refractivity contribution in [3.05, 3.63) is 70.8 Å². The van der Waals surface area contributed by atoms with Crippen molar-refractivity contribution in [2.24, 2.45) is 5.92 Å². The van der Waals surface area contributed by atoms with Gasteiger partial charge >= 0.3 is 0 Å². The number of carbonyl (C=O) groups is 2. The van der Waals surface area contributed by atoms with Crippen LogP contribution >= 0.6 is 0 Å². The molecule has 2 atom stereocenters. The summed E-state index contributed by atoms with van der Waals surface area (Å²) in [6.45, 7) is 4.96. The van der Waals surface area contributed by atoms with Crippen LogP contribution in [0, 0.1) is 12.8 Å². The molecule has 3 rings (SSSR count). The predicted octanol–water partition coefficient (Wildman–Crippen LogP) is 2.71. The van der Waals surface area contributed by atoms with Crippen LogP contribution in [-0.2, 0) is 22.7 Å². The summed E-state index contributed by atoms with van der Waals surface area (Å²) < 4.78 is 0. The summed E-state index contributed by atoms with van der Waals surface area (Å²) >= 11 is 0. The van der Waals surface area contributed by atoms with Crippen LogP contribution in [0.4, 0.5) is 0 Å². The van der Waals surface area contributed by atoms with Crippen molar-refractivity contribution >= 4 is 11.8 Å². The third-order valence-electron chi connectivity index (χ3n) is 5.29. The van der Waals surface area contributed by atoms with E-state index in [1.165, 1.54) is 0 Å². The number of carbonyl (C=O) groups excluding carboxylic acids is 2. The molecule has 0 aromatic heterocycles. The van der Waals surface area contributed by atoms with Gasteiger partial charge in [-0.3, -0.25) is 9.59 Å². The molecule has 1 aliphatic heterocycles. The second kappa shape index (κ2) is 8.35. The minimum Gasteiger partial charge on any atom is -0.392 e. The van der Waals surface area contributed by atoms with Crippen molar-refractivity contribution in [2.75, 3.05) is 6.54 Å². The van der Waals surface area contributed by atoms with Crippen molar-refractivity contribution in [1.29, 1.82) is 0 Å². The number of benzene rings is 2. The van der Waals surface area contributed by atoms with E-state index in [1.54, 1.807) is 0 Å². The first-order valence-corrected chi connectivity index (χ1v) is 9.36. The smallest absolute Gasteiger partial charge is 0.226 e. The van der Waals surface area contributed by atoms with E-state index in [0.717, 1.165) is 22.3 Å². The van der Waals surface area contributed by atoms with Crippen LogP contribution in [0.2, 0.25) is 0 Å².